The smallest absolute Gasteiger partial charge is 0.111 e. The summed E-state index contributed by atoms with van der Waals surface area (Å²) in [5, 5.41) is 0.605. The van der Waals surface area contributed by atoms with Gasteiger partial charge in [-0.3, -0.25) is 11.3 Å². The highest BCUT2D eigenvalue weighted by atomic mass is 32.2. The van der Waals surface area contributed by atoms with Crippen molar-refractivity contribution in [2.24, 2.45) is 5.84 Å². The molecule has 0 amide bonds. The second-order valence-corrected chi connectivity index (χ2v) is 6.99. The SMILES string of the molecule is CCn1c(CC(NN)C2CCCCS2)nc2ccccc21. The van der Waals surface area contributed by atoms with E-state index in [1.165, 1.54) is 30.5 Å². The van der Waals surface area contributed by atoms with Crippen molar-refractivity contribution in [3.05, 3.63) is 30.1 Å². The standard InChI is InChI=1S/C16H24N4S/c1-2-20-14-8-4-3-7-12(14)18-16(20)11-13(19-17)15-9-5-6-10-21-15/h3-4,7-8,13,15,19H,2,5-6,9-11,17H2,1H3. The highest BCUT2D eigenvalue weighted by Crippen LogP contribution is 2.29. The zero-order valence-electron chi connectivity index (χ0n) is 12.6. The van der Waals surface area contributed by atoms with Gasteiger partial charge in [0.05, 0.1) is 11.0 Å². The lowest BCUT2D eigenvalue weighted by Gasteiger charge is -2.29. The third-order valence-electron chi connectivity index (χ3n) is 4.33. The molecule has 0 bridgehead atoms. The van der Waals surface area contributed by atoms with Crippen LogP contribution >= 0.6 is 11.8 Å². The molecular weight excluding hydrogens is 280 g/mol. The Morgan fingerprint density at radius 2 is 2.29 bits per heavy atom. The van der Waals surface area contributed by atoms with Gasteiger partial charge in [-0.2, -0.15) is 11.8 Å². The summed E-state index contributed by atoms with van der Waals surface area (Å²) in [5.74, 6) is 8.24. The van der Waals surface area contributed by atoms with Gasteiger partial charge < -0.3 is 4.57 Å². The van der Waals surface area contributed by atoms with E-state index in [1.807, 2.05) is 0 Å². The highest BCUT2D eigenvalue weighted by Gasteiger charge is 2.25. The molecule has 0 radical (unpaired) electrons. The number of imidazole rings is 1. The van der Waals surface area contributed by atoms with Gasteiger partial charge in [0.15, 0.2) is 0 Å². The molecule has 0 aliphatic carbocycles. The lowest BCUT2D eigenvalue weighted by molar-refractivity contribution is 0.458. The van der Waals surface area contributed by atoms with Gasteiger partial charge in [-0.25, -0.2) is 4.98 Å². The van der Waals surface area contributed by atoms with Crippen LogP contribution in [-0.4, -0.2) is 26.6 Å². The van der Waals surface area contributed by atoms with Crippen LogP contribution in [0.1, 0.15) is 32.0 Å². The molecule has 21 heavy (non-hydrogen) atoms. The Morgan fingerprint density at radius 1 is 1.43 bits per heavy atom. The number of aryl methyl sites for hydroxylation is 1. The first-order valence-corrected chi connectivity index (χ1v) is 8.90. The van der Waals surface area contributed by atoms with Gasteiger partial charge in [-0.1, -0.05) is 18.6 Å². The Bertz CT molecular complexity index is 589. The van der Waals surface area contributed by atoms with E-state index in [1.54, 1.807) is 0 Å². The molecule has 1 aliphatic rings. The number of nitrogens with two attached hydrogens (primary N) is 1. The minimum Gasteiger partial charge on any atom is -0.328 e. The molecule has 1 aliphatic heterocycles. The second kappa shape index (κ2) is 6.81. The fraction of sp³-hybridized carbons (Fsp3) is 0.562. The molecule has 2 heterocycles. The Hall–Kier alpha value is -1.04. The first-order valence-electron chi connectivity index (χ1n) is 7.85. The van der Waals surface area contributed by atoms with E-state index in [4.69, 9.17) is 10.8 Å². The van der Waals surface area contributed by atoms with Gasteiger partial charge in [0.2, 0.25) is 0 Å². The largest absolute Gasteiger partial charge is 0.328 e. The second-order valence-electron chi connectivity index (χ2n) is 5.64. The molecule has 3 rings (SSSR count). The highest BCUT2D eigenvalue weighted by molar-refractivity contribution is 8.00. The van der Waals surface area contributed by atoms with E-state index >= 15 is 0 Å². The Balaban J connectivity index is 1.85. The predicted molar refractivity (Wildman–Crippen MR) is 90.3 cm³/mol. The molecule has 2 unspecified atom stereocenters. The number of hydrazine groups is 1. The average molecular weight is 304 g/mol. The number of nitrogens with one attached hydrogen (secondary N) is 1. The first kappa shape index (κ1) is 14.9. The normalized spacial score (nSPS) is 20.8. The molecule has 0 saturated carbocycles. The average Bonchev–Trinajstić information content (AvgIpc) is 2.90. The maximum absolute atomic E-state index is 5.84. The van der Waals surface area contributed by atoms with Gasteiger partial charge in [-0.05, 0) is 37.7 Å². The summed E-state index contributed by atoms with van der Waals surface area (Å²) >= 11 is 2.06. The summed E-state index contributed by atoms with van der Waals surface area (Å²) in [5.41, 5.74) is 5.35. The summed E-state index contributed by atoms with van der Waals surface area (Å²) in [6, 6.07) is 8.67. The molecule has 1 saturated heterocycles. The fourth-order valence-electron chi connectivity index (χ4n) is 3.21. The van der Waals surface area contributed by atoms with E-state index in [0.29, 0.717) is 11.3 Å². The van der Waals surface area contributed by atoms with Crippen molar-refractivity contribution >= 4 is 22.8 Å². The van der Waals surface area contributed by atoms with Gasteiger partial charge in [0, 0.05) is 24.3 Å². The molecule has 1 aromatic carbocycles. The van der Waals surface area contributed by atoms with Crippen LogP contribution in [0.4, 0.5) is 0 Å². The van der Waals surface area contributed by atoms with Crippen molar-refractivity contribution in [3.63, 3.8) is 0 Å². The quantitative estimate of drug-likeness (QED) is 0.659. The third kappa shape index (κ3) is 3.10. The number of para-hydroxylation sites is 2. The minimum atomic E-state index is 0.303. The molecule has 0 spiro atoms. The predicted octanol–water partition coefficient (Wildman–Crippen LogP) is 2.72. The molecule has 1 fully saturated rings. The van der Waals surface area contributed by atoms with Gasteiger partial charge >= 0.3 is 0 Å². The molecule has 3 N–H and O–H groups in total. The monoisotopic (exact) mass is 304 g/mol. The fourth-order valence-corrected chi connectivity index (χ4v) is 4.63. The summed E-state index contributed by atoms with van der Waals surface area (Å²) in [4.78, 5) is 4.82. The van der Waals surface area contributed by atoms with Crippen LogP contribution in [0.2, 0.25) is 0 Å². The Labute approximate surface area is 130 Å². The van der Waals surface area contributed by atoms with Crippen molar-refractivity contribution in [3.8, 4) is 0 Å². The number of hydrogen-bond acceptors (Lipinski definition) is 4. The number of hydrogen-bond donors (Lipinski definition) is 2. The molecule has 1 aromatic heterocycles. The van der Waals surface area contributed by atoms with Gasteiger partial charge in [0.1, 0.15) is 5.82 Å². The van der Waals surface area contributed by atoms with Crippen molar-refractivity contribution in [1.82, 2.24) is 15.0 Å². The summed E-state index contributed by atoms with van der Waals surface area (Å²) < 4.78 is 2.31. The van der Waals surface area contributed by atoms with E-state index in [0.717, 1.165) is 24.3 Å². The number of fused-ring (bicyclic) bond motifs is 1. The van der Waals surface area contributed by atoms with Crippen molar-refractivity contribution < 1.29 is 0 Å². The molecular formula is C16H24N4S. The van der Waals surface area contributed by atoms with Crippen molar-refractivity contribution in [1.29, 1.82) is 0 Å². The molecule has 2 atom stereocenters. The van der Waals surface area contributed by atoms with Crippen LogP contribution in [0.3, 0.4) is 0 Å². The Kier molecular flexibility index (Phi) is 4.83. The number of aromatic nitrogens is 2. The maximum Gasteiger partial charge on any atom is 0.111 e. The topological polar surface area (TPSA) is 55.9 Å². The lowest BCUT2D eigenvalue weighted by Crippen LogP contribution is -2.45. The number of rotatable bonds is 5. The van der Waals surface area contributed by atoms with Crippen LogP contribution < -0.4 is 11.3 Å². The molecule has 5 heteroatoms. The molecule has 114 valence electrons. The Morgan fingerprint density at radius 3 is 3.00 bits per heavy atom. The van der Waals surface area contributed by atoms with Crippen molar-refractivity contribution in [2.45, 2.75) is 50.4 Å². The molecule has 4 nitrogen and oxygen atoms in total. The number of thioether (sulfide) groups is 1. The minimum absolute atomic E-state index is 0.303. The summed E-state index contributed by atoms with van der Waals surface area (Å²) in [6.45, 7) is 3.13. The van der Waals surface area contributed by atoms with E-state index in [-0.39, 0.29) is 0 Å². The molecule has 2 aromatic rings. The van der Waals surface area contributed by atoms with Gasteiger partial charge in [-0.15, -0.1) is 0 Å². The van der Waals surface area contributed by atoms with Crippen LogP contribution in [0.25, 0.3) is 11.0 Å². The lowest BCUT2D eigenvalue weighted by atomic mass is 10.0. The zero-order valence-corrected chi connectivity index (χ0v) is 13.4. The van der Waals surface area contributed by atoms with E-state index in [2.05, 4.69) is 52.9 Å². The van der Waals surface area contributed by atoms with E-state index < -0.39 is 0 Å². The van der Waals surface area contributed by atoms with E-state index in [9.17, 15) is 0 Å². The van der Waals surface area contributed by atoms with Crippen LogP contribution in [0.5, 0.6) is 0 Å². The van der Waals surface area contributed by atoms with Crippen LogP contribution in [-0.2, 0) is 13.0 Å². The van der Waals surface area contributed by atoms with Crippen LogP contribution in [0.15, 0.2) is 24.3 Å². The number of nitrogens with zero attached hydrogens (tertiary/aromatic N) is 2. The van der Waals surface area contributed by atoms with Gasteiger partial charge in [0.25, 0.3) is 0 Å². The number of benzene rings is 1. The summed E-state index contributed by atoms with van der Waals surface area (Å²) in [6.07, 6.45) is 4.81. The first-order chi connectivity index (χ1) is 10.3. The maximum atomic E-state index is 5.84. The zero-order chi connectivity index (χ0) is 14.7. The van der Waals surface area contributed by atoms with Crippen molar-refractivity contribution in [2.75, 3.05) is 5.75 Å². The third-order valence-corrected chi connectivity index (χ3v) is 5.85. The van der Waals surface area contributed by atoms with Crippen LogP contribution in [0, 0.1) is 0 Å². The summed E-state index contributed by atoms with van der Waals surface area (Å²) in [7, 11) is 0.